The zero-order chi connectivity index (χ0) is 20.9. The van der Waals surface area contributed by atoms with Crippen molar-refractivity contribution < 1.29 is 33.5 Å². The fourth-order valence-electron chi connectivity index (χ4n) is 3.43. The molecule has 2 fully saturated rings. The number of ether oxygens (including phenoxy) is 6. The molecule has 0 radical (unpaired) electrons. The second-order valence-corrected chi connectivity index (χ2v) is 7.41. The molecule has 2 saturated heterocycles. The van der Waals surface area contributed by atoms with Gasteiger partial charge in [0.2, 0.25) is 0 Å². The second-order valence-electron chi connectivity index (χ2n) is 7.41. The van der Waals surface area contributed by atoms with E-state index in [2.05, 4.69) is 0 Å². The molecule has 2 heterocycles. The molecule has 162 valence electrons. The van der Waals surface area contributed by atoms with E-state index in [0.717, 1.165) is 35.8 Å². The van der Waals surface area contributed by atoms with Gasteiger partial charge in [0.1, 0.15) is 36.9 Å². The Morgan fingerprint density at radius 2 is 1.57 bits per heavy atom. The minimum absolute atomic E-state index is 0.0361. The second kappa shape index (κ2) is 9.55. The van der Waals surface area contributed by atoms with E-state index in [4.69, 9.17) is 28.4 Å². The maximum atomic E-state index is 9.75. The first-order chi connectivity index (χ1) is 14.7. The van der Waals surface area contributed by atoms with Crippen molar-refractivity contribution in [1.29, 1.82) is 0 Å². The van der Waals surface area contributed by atoms with Crippen LogP contribution in [-0.2, 0) is 9.47 Å². The monoisotopic (exact) mass is 416 g/mol. The topological polar surface area (TPSA) is 82.2 Å². The molecule has 0 aliphatic carbocycles. The van der Waals surface area contributed by atoms with Crippen LogP contribution in [0.1, 0.15) is 23.5 Å². The zero-order valence-electron chi connectivity index (χ0n) is 17.3. The van der Waals surface area contributed by atoms with Gasteiger partial charge >= 0.3 is 0 Å². The molecule has 0 bridgehead atoms. The highest BCUT2D eigenvalue weighted by Crippen LogP contribution is 2.40. The quantitative estimate of drug-likeness (QED) is 0.533. The molecule has 1 N–H and O–H groups in total. The predicted molar refractivity (Wildman–Crippen MR) is 110 cm³/mol. The van der Waals surface area contributed by atoms with Gasteiger partial charge in [-0.25, -0.2) is 0 Å². The number of epoxide rings is 2. The molecule has 0 saturated carbocycles. The van der Waals surface area contributed by atoms with Gasteiger partial charge in [-0.1, -0.05) is 6.07 Å². The van der Waals surface area contributed by atoms with Crippen molar-refractivity contribution in [2.75, 3.05) is 47.3 Å². The van der Waals surface area contributed by atoms with Crippen LogP contribution in [0.15, 0.2) is 36.4 Å². The standard InChI is InChI=1S/C23H28O7/c1-25-21-6-4-16(27-11-17-12-28-17)10-20(21)19(7-8-24)15-3-5-22(23(9-15)26-2)30-14-18-13-29-18/h3-6,9-10,17-19,24H,7-8,11-14H2,1-2H3. The van der Waals surface area contributed by atoms with Crippen molar-refractivity contribution in [3.63, 3.8) is 0 Å². The summed E-state index contributed by atoms with van der Waals surface area (Å²) in [6, 6.07) is 11.6. The third-order valence-electron chi connectivity index (χ3n) is 5.25. The highest BCUT2D eigenvalue weighted by atomic mass is 16.6. The summed E-state index contributed by atoms with van der Waals surface area (Å²) in [5.74, 6) is 2.72. The van der Waals surface area contributed by atoms with Gasteiger partial charge in [-0.2, -0.15) is 0 Å². The average Bonchev–Trinajstić information content (AvgIpc) is 3.69. The maximum absolute atomic E-state index is 9.75. The van der Waals surface area contributed by atoms with Gasteiger partial charge in [-0.3, -0.25) is 0 Å². The lowest BCUT2D eigenvalue weighted by Crippen LogP contribution is -2.09. The van der Waals surface area contributed by atoms with E-state index in [-0.39, 0.29) is 24.7 Å². The van der Waals surface area contributed by atoms with Crippen LogP contribution in [0.25, 0.3) is 0 Å². The highest BCUT2D eigenvalue weighted by molar-refractivity contribution is 5.50. The lowest BCUT2D eigenvalue weighted by atomic mass is 9.87. The number of aliphatic hydroxyl groups is 1. The van der Waals surface area contributed by atoms with Crippen molar-refractivity contribution in [2.45, 2.75) is 24.5 Å². The average molecular weight is 416 g/mol. The first kappa shape index (κ1) is 20.8. The Balaban J connectivity index is 1.60. The maximum Gasteiger partial charge on any atom is 0.161 e. The summed E-state index contributed by atoms with van der Waals surface area (Å²) in [4.78, 5) is 0. The number of rotatable bonds is 12. The SMILES string of the molecule is COc1cc(C(CCO)c2cc(OCC3CO3)ccc2OC)ccc1OCC1CO1. The zero-order valence-corrected chi connectivity index (χ0v) is 17.3. The predicted octanol–water partition coefficient (Wildman–Crippen LogP) is 2.77. The van der Waals surface area contributed by atoms with Crippen LogP contribution >= 0.6 is 0 Å². The van der Waals surface area contributed by atoms with Crippen LogP contribution < -0.4 is 18.9 Å². The van der Waals surface area contributed by atoms with Crippen molar-refractivity contribution in [3.05, 3.63) is 47.5 Å². The third-order valence-corrected chi connectivity index (χ3v) is 5.25. The van der Waals surface area contributed by atoms with Gasteiger partial charge in [0.05, 0.1) is 27.4 Å². The molecule has 0 amide bonds. The van der Waals surface area contributed by atoms with Gasteiger partial charge < -0.3 is 33.5 Å². The minimum atomic E-state index is -0.0969. The van der Waals surface area contributed by atoms with Crippen molar-refractivity contribution >= 4 is 0 Å². The summed E-state index contributed by atoms with van der Waals surface area (Å²) in [7, 11) is 3.26. The summed E-state index contributed by atoms with van der Waals surface area (Å²) >= 11 is 0. The van der Waals surface area contributed by atoms with Gasteiger partial charge in [-0.15, -0.1) is 0 Å². The van der Waals surface area contributed by atoms with Crippen LogP contribution in [0.5, 0.6) is 23.0 Å². The fraction of sp³-hybridized carbons (Fsp3) is 0.478. The first-order valence-electron chi connectivity index (χ1n) is 10.2. The normalized spacial score (nSPS) is 20.4. The minimum Gasteiger partial charge on any atom is -0.496 e. The molecule has 0 aromatic heterocycles. The van der Waals surface area contributed by atoms with Crippen LogP contribution in [0.4, 0.5) is 0 Å². The molecule has 7 heteroatoms. The van der Waals surface area contributed by atoms with Gasteiger partial charge in [-0.05, 0) is 42.3 Å². The Morgan fingerprint density at radius 3 is 2.20 bits per heavy atom. The van der Waals surface area contributed by atoms with Crippen LogP contribution in [0, 0.1) is 0 Å². The molecule has 3 unspecified atom stereocenters. The number of methoxy groups -OCH3 is 2. The summed E-state index contributed by atoms with van der Waals surface area (Å²) in [6.45, 7) is 2.56. The molecule has 2 aromatic rings. The Labute approximate surface area is 176 Å². The van der Waals surface area contributed by atoms with Crippen LogP contribution in [-0.4, -0.2) is 64.6 Å². The molecule has 4 rings (SSSR count). The molecule has 0 spiro atoms. The molecule has 2 aliphatic heterocycles. The Morgan fingerprint density at radius 1 is 0.900 bits per heavy atom. The molecular weight excluding hydrogens is 388 g/mol. The molecule has 7 nitrogen and oxygen atoms in total. The Kier molecular flexibility index (Phi) is 6.62. The van der Waals surface area contributed by atoms with Crippen molar-refractivity contribution in [3.8, 4) is 23.0 Å². The first-order valence-corrected chi connectivity index (χ1v) is 10.2. The number of aliphatic hydroxyl groups excluding tert-OH is 1. The smallest absolute Gasteiger partial charge is 0.161 e. The van der Waals surface area contributed by atoms with E-state index in [1.54, 1.807) is 14.2 Å². The van der Waals surface area contributed by atoms with Gasteiger partial charge in [0.25, 0.3) is 0 Å². The van der Waals surface area contributed by atoms with Crippen LogP contribution in [0.2, 0.25) is 0 Å². The van der Waals surface area contributed by atoms with E-state index in [0.29, 0.717) is 31.1 Å². The van der Waals surface area contributed by atoms with E-state index >= 15 is 0 Å². The lowest BCUT2D eigenvalue weighted by Gasteiger charge is -2.22. The summed E-state index contributed by atoms with van der Waals surface area (Å²) in [6.07, 6.45) is 0.886. The number of hydrogen-bond donors (Lipinski definition) is 1. The number of benzene rings is 2. The van der Waals surface area contributed by atoms with Crippen molar-refractivity contribution in [1.82, 2.24) is 0 Å². The third kappa shape index (κ3) is 5.16. The van der Waals surface area contributed by atoms with Crippen LogP contribution in [0.3, 0.4) is 0 Å². The lowest BCUT2D eigenvalue weighted by molar-refractivity contribution is 0.251. The van der Waals surface area contributed by atoms with Crippen molar-refractivity contribution in [2.24, 2.45) is 0 Å². The highest BCUT2D eigenvalue weighted by Gasteiger charge is 2.26. The number of hydrogen-bond acceptors (Lipinski definition) is 7. The summed E-state index contributed by atoms with van der Waals surface area (Å²) < 4.78 is 33.3. The molecule has 2 aliphatic rings. The Bertz CT molecular complexity index is 845. The van der Waals surface area contributed by atoms with Gasteiger partial charge in [0.15, 0.2) is 11.5 Å². The Hall–Kier alpha value is -2.48. The van der Waals surface area contributed by atoms with E-state index < -0.39 is 0 Å². The van der Waals surface area contributed by atoms with E-state index in [1.807, 2.05) is 36.4 Å². The fourth-order valence-corrected chi connectivity index (χ4v) is 3.43. The van der Waals surface area contributed by atoms with E-state index in [9.17, 15) is 5.11 Å². The van der Waals surface area contributed by atoms with Gasteiger partial charge in [0, 0.05) is 18.1 Å². The summed E-state index contributed by atoms with van der Waals surface area (Å²) in [5, 5.41) is 9.75. The largest absolute Gasteiger partial charge is 0.496 e. The molecular formula is C23H28O7. The summed E-state index contributed by atoms with van der Waals surface area (Å²) in [5.41, 5.74) is 1.94. The van der Waals surface area contributed by atoms with E-state index in [1.165, 1.54) is 0 Å². The molecule has 2 aromatic carbocycles. The molecule has 30 heavy (non-hydrogen) atoms. The molecule has 3 atom stereocenters.